The van der Waals surface area contributed by atoms with Crippen molar-refractivity contribution in [3.05, 3.63) is 35.9 Å². The van der Waals surface area contributed by atoms with E-state index in [0.717, 1.165) is 5.56 Å². The van der Waals surface area contributed by atoms with E-state index in [4.69, 9.17) is 14.2 Å². The molecule has 0 bridgehead atoms. The fourth-order valence-electron chi connectivity index (χ4n) is 8.60. The van der Waals surface area contributed by atoms with Gasteiger partial charge in [0.15, 0.2) is 5.78 Å². The first-order chi connectivity index (χ1) is 27.5. The van der Waals surface area contributed by atoms with Crippen LogP contribution in [0.15, 0.2) is 30.3 Å². The van der Waals surface area contributed by atoms with Gasteiger partial charge in [0.2, 0.25) is 11.8 Å². The highest BCUT2D eigenvalue weighted by molar-refractivity contribution is 5.92. The van der Waals surface area contributed by atoms with E-state index < -0.39 is 65.8 Å². The number of methoxy groups -OCH3 is 2. The first-order valence-corrected chi connectivity index (χ1v) is 21.4. The first kappa shape index (κ1) is 51.3. The Morgan fingerprint density at radius 1 is 0.847 bits per heavy atom. The van der Waals surface area contributed by atoms with Gasteiger partial charge in [-0.2, -0.15) is 0 Å². The fraction of sp³-hybridized carbons (Fsp3) is 0.739. The lowest BCUT2D eigenvalue weighted by atomic mass is 9.83. The van der Waals surface area contributed by atoms with E-state index in [1.807, 2.05) is 71.9 Å². The molecule has 1 aromatic rings. The molecule has 1 aliphatic heterocycles. The molecule has 1 heterocycles. The Kier molecular flexibility index (Phi) is 20.2. The lowest BCUT2D eigenvalue weighted by Gasteiger charge is -2.41. The highest BCUT2D eigenvalue weighted by Gasteiger charge is 2.44. The summed E-state index contributed by atoms with van der Waals surface area (Å²) in [7, 11) is 6.30. The summed E-state index contributed by atoms with van der Waals surface area (Å²) in [6, 6.07) is 7.50. The van der Waals surface area contributed by atoms with Crippen LogP contribution in [0.1, 0.15) is 113 Å². The minimum atomic E-state index is -1.04. The van der Waals surface area contributed by atoms with Crippen LogP contribution in [0.25, 0.3) is 0 Å². The number of ketones is 2. The third kappa shape index (κ3) is 14.4. The van der Waals surface area contributed by atoms with Crippen LogP contribution in [-0.2, 0) is 44.6 Å². The second-order valence-electron chi connectivity index (χ2n) is 18.3. The van der Waals surface area contributed by atoms with Crippen molar-refractivity contribution in [2.75, 3.05) is 34.9 Å². The van der Waals surface area contributed by atoms with Gasteiger partial charge in [-0.25, -0.2) is 4.79 Å². The number of carboxylic acids is 1. The van der Waals surface area contributed by atoms with Gasteiger partial charge in [0.25, 0.3) is 0 Å². The third-order valence-electron chi connectivity index (χ3n) is 12.1. The zero-order valence-electron chi connectivity index (χ0n) is 38.4. The zero-order chi connectivity index (χ0) is 44.9. The molecule has 1 saturated heterocycles. The number of carbonyl (C=O) groups excluding carboxylic acids is 5. The van der Waals surface area contributed by atoms with Crippen molar-refractivity contribution in [3.63, 3.8) is 0 Å². The summed E-state index contributed by atoms with van der Waals surface area (Å²) in [5.74, 6) is -4.72. The summed E-state index contributed by atoms with van der Waals surface area (Å²) in [4.78, 5) is 86.3. The third-order valence-corrected chi connectivity index (χ3v) is 12.1. The van der Waals surface area contributed by atoms with Crippen molar-refractivity contribution in [1.29, 1.82) is 0 Å². The number of hydrogen-bond donors (Lipinski definition) is 1. The summed E-state index contributed by atoms with van der Waals surface area (Å²) in [6.45, 7) is 19.0. The SMILES string of the molecule is CC[C@H](C)[C@@H]([C@@H](CC(=O)N1CCC[C@H]1[C@H](OC)[C@@H](C)C(=O)C[C@@H](Cc1ccccc1)C(=O)O)OC)N(C)C(=O)[C@@H](CC(=O)[C@H](C(C)C)N(C)C(=O)OC(C)(C)C)C(C)C. The number of ether oxygens (including phenoxy) is 3. The van der Waals surface area contributed by atoms with Gasteiger partial charge in [0.05, 0.1) is 42.7 Å². The summed E-state index contributed by atoms with van der Waals surface area (Å²) >= 11 is 0. The molecule has 0 saturated carbocycles. The van der Waals surface area contributed by atoms with Crippen LogP contribution in [-0.4, -0.2) is 126 Å². The van der Waals surface area contributed by atoms with Gasteiger partial charge in [0.1, 0.15) is 11.4 Å². The van der Waals surface area contributed by atoms with Crippen molar-refractivity contribution in [2.24, 2.45) is 35.5 Å². The van der Waals surface area contributed by atoms with Crippen molar-refractivity contribution in [1.82, 2.24) is 14.7 Å². The molecule has 2 rings (SSSR count). The fourth-order valence-corrected chi connectivity index (χ4v) is 8.60. The molecule has 59 heavy (non-hydrogen) atoms. The van der Waals surface area contributed by atoms with Crippen LogP contribution in [0.2, 0.25) is 0 Å². The molecule has 1 aromatic carbocycles. The molecule has 334 valence electrons. The second kappa shape index (κ2) is 23.2. The van der Waals surface area contributed by atoms with Gasteiger partial charge in [0, 0.05) is 59.5 Å². The number of amides is 3. The molecule has 0 radical (unpaired) electrons. The molecule has 0 aromatic heterocycles. The number of carboxylic acid groups (broad SMARTS) is 1. The Balaban J connectivity index is 2.30. The summed E-state index contributed by atoms with van der Waals surface area (Å²) in [5.41, 5.74) is 0.0943. The Morgan fingerprint density at radius 3 is 1.95 bits per heavy atom. The van der Waals surface area contributed by atoms with E-state index in [0.29, 0.717) is 25.8 Å². The maximum atomic E-state index is 14.5. The van der Waals surface area contributed by atoms with Gasteiger partial charge in [-0.1, -0.05) is 85.2 Å². The van der Waals surface area contributed by atoms with Crippen molar-refractivity contribution in [3.8, 4) is 0 Å². The van der Waals surface area contributed by atoms with Crippen molar-refractivity contribution in [2.45, 2.75) is 150 Å². The Hall–Kier alpha value is -3.84. The molecule has 1 fully saturated rings. The van der Waals surface area contributed by atoms with Gasteiger partial charge < -0.3 is 34.0 Å². The predicted molar refractivity (Wildman–Crippen MR) is 228 cm³/mol. The van der Waals surface area contributed by atoms with Crippen LogP contribution >= 0.6 is 0 Å². The van der Waals surface area contributed by atoms with E-state index in [-0.39, 0.29) is 66.8 Å². The number of likely N-dealkylation sites (tertiary alicyclic amines) is 1. The van der Waals surface area contributed by atoms with Gasteiger partial charge in [-0.05, 0) is 63.4 Å². The quantitative estimate of drug-likeness (QED) is 0.123. The first-order valence-electron chi connectivity index (χ1n) is 21.4. The molecule has 13 nitrogen and oxygen atoms in total. The molecule has 13 heteroatoms. The molecule has 0 aliphatic carbocycles. The topological polar surface area (TPSA) is 160 Å². The summed E-state index contributed by atoms with van der Waals surface area (Å²) in [5, 5.41) is 9.97. The maximum Gasteiger partial charge on any atom is 0.410 e. The Labute approximate surface area is 353 Å². The Morgan fingerprint density at radius 2 is 1.46 bits per heavy atom. The molecule has 9 atom stereocenters. The zero-order valence-corrected chi connectivity index (χ0v) is 38.4. The number of likely N-dealkylation sites (N-methyl/N-ethyl adjacent to an activating group) is 2. The number of hydrogen-bond acceptors (Lipinski definition) is 9. The van der Waals surface area contributed by atoms with Crippen molar-refractivity contribution >= 4 is 35.4 Å². The Bertz CT molecular complexity index is 1540. The molecule has 3 amide bonds. The van der Waals surface area contributed by atoms with Gasteiger partial charge in [-0.15, -0.1) is 0 Å². The van der Waals surface area contributed by atoms with Crippen LogP contribution in [0.4, 0.5) is 4.79 Å². The minimum Gasteiger partial charge on any atom is -0.481 e. The largest absolute Gasteiger partial charge is 0.481 e. The van der Waals surface area contributed by atoms with Gasteiger partial charge >= 0.3 is 12.1 Å². The average molecular weight is 830 g/mol. The lowest BCUT2D eigenvalue weighted by Crippen LogP contribution is -2.54. The number of carbonyl (C=O) groups is 6. The number of Topliss-reactive ketones (excluding diaryl/α,β-unsaturated/α-hetero) is 2. The van der Waals surface area contributed by atoms with Crippen LogP contribution in [0.5, 0.6) is 0 Å². The standard InChI is InChI=1S/C46H75N3O10/c1-15-30(6)41(47(11)43(53)34(28(2)3)26-37(51)40(29(4)5)48(12)45(56)59-46(8,9)10)38(57-13)27-39(52)49-23-19-22-35(49)42(58-14)31(7)36(50)25-33(44(54)55)24-32-20-17-16-18-21-32/h16-18,20-21,28-31,33-35,38,40-42H,15,19,22-27H2,1-14H3,(H,54,55)/t30-,31-,33+,34-,35-,38+,40-,41-,42+/m0/s1. The van der Waals surface area contributed by atoms with E-state index in [2.05, 4.69) is 0 Å². The van der Waals surface area contributed by atoms with E-state index >= 15 is 0 Å². The molecule has 1 aliphatic rings. The molecule has 1 N–H and O–H groups in total. The summed E-state index contributed by atoms with van der Waals surface area (Å²) in [6.07, 6.45) is 0.0297. The second-order valence-corrected chi connectivity index (χ2v) is 18.3. The summed E-state index contributed by atoms with van der Waals surface area (Å²) < 4.78 is 17.5. The lowest BCUT2D eigenvalue weighted by molar-refractivity contribution is -0.149. The normalized spacial score (nSPS) is 18.6. The minimum absolute atomic E-state index is 0.0298. The molecular formula is C46H75N3O10. The number of rotatable bonds is 23. The van der Waals surface area contributed by atoms with Gasteiger partial charge in [-0.3, -0.25) is 24.0 Å². The average Bonchev–Trinajstić information content (AvgIpc) is 3.65. The number of nitrogens with zero attached hydrogens (tertiary/aromatic N) is 3. The predicted octanol–water partition coefficient (Wildman–Crippen LogP) is 6.93. The van der Waals surface area contributed by atoms with E-state index in [1.54, 1.807) is 51.6 Å². The molecule has 0 unspecified atom stereocenters. The van der Waals surface area contributed by atoms with Crippen LogP contribution in [0.3, 0.4) is 0 Å². The van der Waals surface area contributed by atoms with E-state index in [1.165, 1.54) is 19.1 Å². The smallest absolute Gasteiger partial charge is 0.410 e. The number of benzene rings is 1. The maximum absolute atomic E-state index is 14.5. The van der Waals surface area contributed by atoms with Crippen LogP contribution in [0, 0.1) is 35.5 Å². The highest BCUT2D eigenvalue weighted by atomic mass is 16.6. The van der Waals surface area contributed by atoms with E-state index in [9.17, 15) is 33.9 Å². The van der Waals surface area contributed by atoms with Crippen molar-refractivity contribution < 1.29 is 48.1 Å². The monoisotopic (exact) mass is 830 g/mol. The highest BCUT2D eigenvalue weighted by Crippen LogP contribution is 2.32. The van der Waals surface area contributed by atoms with Crippen LogP contribution < -0.4 is 0 Å². The molecule has 0 spiro atoms. The molecular weight excluding hydrogens is 755 g/mol. The number of aliphatic carboxylic acids is 1.